The van der Waals surface area contributed by atoms with E-state index in [9.17, 15) is 4.79 Å². The largest absolute Gasteiger partial charge is 0.323 e. The van der Waals surface area contributed by atoms with Crippen LogP contribution in [0, 0.1) is 13.8 Å². The molecule has 6 nitrogen and oxygen atoms in total. The summed E-state index contributed by atoms with van der Waals surface area (Å²) in [6.45, 7) is 5.94. The number of carbonyl (C=O) groups excluding carboxylic acids is 1. The first-order valence-electron chi connectivity index (χ1n) is 8.18. The summed E-state index contributed by atoms with van der Waals surface area (Å²) in [5.41, 5.74) is 2.77. The van der Waals surface area contributed by atoms with Crippen molar-refractivity contribution < 1.29 is 4.79 Å². The SMILES string of the molecule is CC[C@H](C(=O)Nc1ccccc1Sc1c(C)n[nH]c1C)n1cccn1. The Morgan fingerprint density at radius 2 is 2.12 bits per heavy atom. The monoisotopic (exact) mass is 355 g/mol. The molecule has 3 rings (SSSR count). The van der Waals surface area contributed by atoms with E-state index in [1.54, 1.807) is 22.6 Å². The van der Waals surface area contributed by atoms with E-state index in [0.717, 1.165) is 26.9 Å². The number of H-pyrrole nitrogens is 1. The van der Waals surface area contributed by atoms with E-state index in [1.165, 1.54) is 0 Å². The number of nitrogens with one attached hydrogen (secondary N) is 2. The lowest BCUT2D eigenvalue weighted by molar-refractivity contribution is -0.119. The van der Waals surface area contributed by atoms with Crippen molar-refractivity contribution >= 4 is 23.4 Å². The van der Waals surface area contributed by atoms with Gasteiger partial charge in [0.15, 0.2) is 0 Å². The minimum Gasteiger partial charge on any atom is -0.323 e. The third-order valence-electron chi connectivity index (χ3n) is 3.95. The smallest absolute Gasteiger partial charge is 0.249 e. The number of para-hydroxylation sites is 1. The predicted octanol–water partition coefficient (Wildman–Crippen LogP) is 3.96. The van der Waals surface area contributed by atoms with Crippen molar-refractivity contribution in [2.45, 2.75) is 43.0 Å². The summed E-state index contributed by atoms with van der Waals surface area (Å²) in [4.78, 5) is 14.8. The van der Waals surface area contributed by atoms with Crippen molar-refractivity contribution in [2.75, 3.05) is 5.32 Å². The highest BCUT2D eigenvalue weighted by molar-refractivity contribution is 7.99. The maximum Gasteiger partial charge on any atom is 0.249 e. The van der Waals surface area contributed by atoms with Crippen LogP contribution in [0.5, 0.6) is 0 Å². The first-order chi connectivity index (χ1) is 12.1. The lowest BCUT2D eigenvalue weighted by Gasteiger charge is -2.17. The molecule has 0 spiro atoms. The molecule has 1 atom stereocenters. The topological polar surface area (TPSA) is 75.6 Å². The van der Waals surface area contributed by atoms with Gasteiger partial charge in [0.1, 0.15) is 6.04 Å². The number of aromatic amines is 1. The Hall–Kier alpha value is -2.54. The highest BCUT2D eigenvalue weighted by atomic mass is 32.2. The third kappa shape index (κ3) is 3.76. The Bertz CT molecular complexity index is 837. The van der Waals surface area contributed by atoms with Gasteiger partial charge in [-0.05, 0) is 38.5 Å². The normalized spacial score (nSPS) is 12.1. The van der Waals surface area contributed by atoms with E-state index in [-0.39, 0.29) is 11.9 Å². The van der Waals surface area contributed by atoms with Gasteiger partial charge in [-0.25, -0.2) is 0 Å². The second-order valence-electron chi connectivity index (χ2n) is 5.76. The van der Waals surface area contributed by atoms with Gasteiger partial charge in [0, 0.05) is 23.0 Å². The van der Waals surface area contributed by atoms with E-state index in [2.05, 4.69) is 20.6 Å². The fourth-order valence-electron chi connectivity index (χ4n) is 2.63. The molecule has 0 radical (unpaired) electrons. The summed E-state index contributed by atoms with van der Waals surface area (Å²) < 4.78 is 1.69. The summed E-state index contributed by atoms with van der Waals surface area (Å²) in [6, 6.07) is 9.30. The number of benzene rings is 1. The Balaban J connectivity index is 1.82. The molecule has 2 aromatic heterocycles. The third-order valence-corrected chi connectivity index (χ3v) is 5.33. The molecule has 0 saturated heterocycles. The fraction of sp³-hybridized carbons (Fsp3) is 0.278. The number of aromatic nitrogens is 4. The maximum absolute atomic E-state index is 12.7. The van der Waals surface area contributed by atoms with Crippen molar-refractivity contribution in [3.8, 4) is 0 Å². The molecule has 1 aromatic carbocycles. The standard InChI is InChI=1S/C18H21N5OS/c1-4-15(23-11-7-10-19-23)18(24)20-14-8-5-6-9-16(14)25-17-12(2)21-22-13(17)3/h5-11,15H,4H2,1-3H3,(H,20,24)(H,21,22)/t15-/m1/s1. The average molecular weight is 355 g/mol. The number of carbonyl (C=O) groups is 1. The molecule has 0 bridgehead atoms. The molecule has 2 heterocycles. The van der Waals surface area contributed by atoms with Crippen LogP contribution in [0.25, 0.3) is 0 Å². The summed E-state index contributed by atoms with van der Waals surface area (Å²) in [6.07, 6.45) is 4.17. The zero-order chi connectivity index (χ0) is 17.8. The number of anilines is 1. The van der Waals surface area contributed by atoms with Crippen LogP contribution in [0.1, 0.15) is 30.8 Å². The highest BCUT2D eigenvalue weighted by Crippen LogP contribution is 2.36. The van der Waals surface area contributed by atoms with Crippen LogP contribution in [0.4, 0.5) is 5.69 Å². The number of aryl methyl sites for hydroxylation is 2. The molecule has 0 fully saturated rings. The summed E-state index contributed by atoms with van der Waals surface area (Å²) in [5.74, 6) is -0.0695. The van der Waals surface area contributed by atoms with Gasteiger partial charge in [-0.1, -0.05) is 30.8 Å². The van der Waals surface area contributed by atoms with Crippen molar-refractivity contribution in [1.82, 2.24) is 20.0 Å². The maximum atomic E-state index is 12.7. The quantitative estimate of drug-likeness (QED) is 0.702. The van der Waals surface area contributed by atoms with Gasteiger partial charge in [0.2, 0.25) is 5.91 Å². The van der Waals surface area contributed by atoms with Crippen molar-refractivity contribution in [2.24, 2.45) is 0 Å². The summed E-state index contributed by atoms with van der Waals surface area (Å²) >= 11 is 1.60. The van der Waals surface area contributed by atoms with E-state index < -0.39 is 0 Å². The lowest BCUT2D eigenvalue weighted by atomic mass is 10.2. The zero-order valence-electron chi connectivity index (χ0n) is 14.5. The van der Waals surface area contributed by atoms with Crippen molar-refractivity contribution in [3.63, 3.8) is 0 Å². The van der Waals surface area contributed by atoms with E-state index in [4.69, 9.17) is 0 Å². The fourth-order valence-corrected chi connectivity index (χ4v) is 3.62. The Kier molecular flexibility index (Phi) is 5.23. The average Bonchev–Trinajstić information content (AvgIpc) is 3.23. The van der Waals surface area contributed by atoms with Gasteiger partial charge in [-0.15, -0.1) is 0 Å². The van der Waals surface area contributed by atoms with Gasteiger partial charge in [0.05, 0.1) is 16.3 Å². The molecule has 3 aromatic rings. The van der Waals surface area contributed by atoms with Crippen LogP contribution in [-0.4, -0.2) is 25.9 Å². The van der Waals surface area contributed by atoms with Crippen LogP contribution in [0.2, 0.25) is 0 Å². The number of hydrogen-bond acceptors (Lipinski definition) is 4. The second-order valence-corrected chi connectivity index (χ2v) is 6.81. The number of nitrogens with zero attached hydrogens (tertiary/aromatic N) is 3. The summed E-state index contributed by atoms with van der Waals surface area (Å²) in [5, 5.41) is 14.5. The summed E-state index contributed by atoms with van der Waals surface area (Å²) in [7, 11) is 0. The van der Waals surface area contributed by atoms with Crippen LogP contribution < -0.4 is 5.32 Å². The first-order valence-corrected chi connectivity index (χ1v) is 9.00. The molecule has 2 N–H and O–H groups in total. The molecule has 1 amide bonds. The van der Waals surface area contributed by atoms with E-state index in [1.807, 2.05) is 57.3 Å². The van der Waals surface area contributed by atoms with Crippen molar-refractivity contribution in [1.29, 1.82) is 0 Å². The van der Waals surface area contributed by atoms with Gasteiger partial charge in [0.25, 0.3) is 0 Å². The van der Waals surface area contributed by atoms with Gasteiger partial charge >= 0.3 is 0 Å². The van der Waals surface area contributed by atoms with Crippen molar-refractivity contribution in [3.05, 3.63) is 54.1 Å². The van der Waals surface area contributed by atoms with Gasteiger partial charge in [-0.2, -0.15) is 10.2 Å². The molecular weight excluding hydrogens is 334 g/mol. The lowest BCUT2D eigenvalue weighted by Crippen LogP contribution is -2.26. The van der Waals surface area contributed by atoms with Crippen LogP contribution >= 0.6 is 11.8 Å². The zero-order valence-corrected chi connectivity index (χ0v) is 15.3. The highest BCUT2D eigenvalue weighted by Gasteiger charge is 2.20. The molecule has 0 unspecified atom stereocenters. The minimum atomic E-state index is -0.328. The molecule has 0 aliphatic rings. The Morgan fingerprint density at radius 1 is 1.32 bits per heavy atom. The van der Waals surface area contributed by atoms with E-state index >= 15 is 0 Å². The number of amides is 1. The molecule has 7 heteroatoms. The van der Waals surface area contributed by atoms with Gasteiger partial charge < -0.3 is 5.32 Å². The molecule has 0 aliphatic carbocycles. The molecule has 0 saturated carbocycles. The second kappa shape index (κ2) is 7.57. The van der Waals surface area contributed by atoms with Crippen LogP contribution in [-0.2, 0) is 4.79 Å². The number of hydrogen-bond donors (Lipinski definition) is 2. The van der Waals surface area contributed by atoms with Crippen LogP contribution in [0.15, 0.2) is 52.5 Å². The Morgan fingerprint density at radius 3 is 2.76 bits per heavy atom. The molecular formula is C18H21N5OS. The first kappa shape index (κ1) is 17.3. The molecule has 130 valence electrons. The predicted molar refractivity (Wildman–Crippen MR) is 98.8 cm³/mol. The minimum absolute atomic E-state index is 0.0695. The molecule has 0 aliphatic heterocycles. The molecule has 25 heavy (non-hydrogen) atoms. The van der Waals surface area contributed by atoms with Gasteiger partial charge in [-0.3, -0.25) is 14.6 Å². The van der Waals surface area contributed by atoms with E-state index in [0.29, 0.717) is 6.42 Å². The number of rotatable bonds is 6. The van der Waals surface area contributed by atoms with Crippen LogP contribution in [0.3, 0.4) is 0 Å². The Labute approximate surface area is 151 Å².